The van der Waals surface area contributed by atoms with Crippen LogP contribution in [0.5, 0.6) is 0 Å². The molecule has 6 nitrogen and oxygen atoms in total. The van der Waals surface area contributed by atoms with Gasteiger partial charge in [-0.25, -0.2) is 14.0 Å². The summed E-state index contributed by atoms with van der Waals surface area (Å²) in [7, 11) is 0. The standard InChI is InChI=1S/C17H19FN2O4/c1-17(2,3)24-16(23)19-7-6-14-12(15(21)22)9-10-8-11(18)4-5-13(10)20-14/h4-5,8-9H,6-7H2,1-3H3,(H,19,23)(H,21,22). The number of pyridine rings is 1. The van der Waals surface area contributed by atoms with Gasteiger partial charge in [0.1, 0.15) is 11.4 Å². The Balaban J connectivity index is 2.15. The maximum atomic E-state index is 13.3. The molecule has 0 saturated heterocycles. The van der Waals surface area contributed by atoms with E-state index in [0.29, 0.717) is 16.6 Å². The highest BCUT2D eigenvalue weighted by molar-refractivity contribution is 5.94. The van der Waals surface area contributed by atoms with Gasteiger partial charge in [-0.2, -0.15) is 0 Å². The number of benzene rings is 1. The normalized spacial score (nSPS) is 11.3. The number of carbonyl (C=O) groups is 2. The number of rotatable bonds is 4. The molecule has 2 N–H and O–H groups in total. The highest BCUT2D eigenvalue weighted by Gasteiger charge is 2.17. The van der Waals surface area contributed by atoms with Crippen molar-refractivity contribution in [2.45, 2.75) is 32.8 Å². The van der Waals surface area contributed by atoms with Gasteiger partial charge < -0.3 is 15.2 Å². The van der Waals surface area contributed by atoms with Crippen LogP contribution in [0.25, 0.3) is 10.9 Å². The minimum atomic E-state index is -1.15. The summed E-state index contributed by atoms with van der Waals surface area (Å²) in [5.41, 5.74) is 0.187. The van der Waals surface area contributed by atoms with E-state index in [0.717, 1.165) is 0 Å². The van der Waals surface area contributed by atoms with E-state index in [2.05, 4.69) is 10.3 Å². The molecule has 128 valence electrons. The topological polar surface area (TPSA) is 88.5 Å². The molecule has 0 atom stereocenters. The summed E-state index contributed by atoms with van der Waals surface area (Å²) in [6, 6.07) is 5.37. The van der Waals surface area contributed by atoms with Crippen molar-refractivity contribution >= 4 is 23.0 Å². The fourth-order valence-corrected chi connectivity index (χ4v) is 2.16. The van der Waals surface area contributed by atoms with Gasteiger partial charge in [-0.05, 0) is 45.0 Å². The molecule has 1 amide bonds. The van der Waals surface area contributed by atoms with Crippen LogP contribution < -0.4 is 5.32 Å². The molecule has 0 unspecified atom stereocenters. The second-order valence-corrected chi connectivity index (χ2v) is 6.30. The van der Waals surface area contributed by atoms with Crippen molar-refractivity contribution in [3.05, 3.63) is 41.3 Å². The molecule has 24 heavy (non-hydrogen) atoms. The lowest BCUT2D eigenvalue weighted by atomic mass is 10.1. The van der Waals surface area contributed by atoms with Gasteiger partial charge in [-0.15, -0.1) is 0 Å². The van der Waals surface area contributed by atoms with E-state index in [9.17, 15) is 19.1 Å². The number of carboxylic acid groups (broad SMARTS) is 1. The molecule has 1 aromatic heterocycles. The van der Waals surface area contributed by atoms with Crippen LogP contribution in [-0.4, -0.2) is 34.3 Å². The third kappa shape index (κ3) is 4.65. The number of carboxylic acids is 1. The highest BCUT2D eigenvalue weighted by atomic mass is 19.1. The maximum Gasteiger partial charge on any atom is 0.407 e. The first-order chi connectivity index (χ1) is 11.2. The van der Waals surface area contributed by atoms with E-state index < -0.39 is 23.5 Å². The Bertz CT molecular complexity index is 784. The highest BCUT2D eigenvalue weighted by Crippen LogP contribution is 2.18. The van der Waals surface area contributed by atoms with Gasteiger partial charge >= 0.3 is 12.1 Å². The molecule has 0 aliphatic heterocycles. The number of ether oxygens (including phenoxy) is 1. The number of fused-ring (bicyclic) bond motifs is 1. The Hall–Kier alpha value is -2.70. The Kier molecular flexibility index (Phi) is 5.02. The molecule has 0 spiro atoms. The molecule has 0 fully saturated rings. The van der Waals surface area contributed by atoms with Crippen LogP contribution in [0.4, 0.5) is 9.18 Å². The number of hydrogen-bond acceptors (Lipinski definition) is 4. The molecule has 1 heterocycles. The Morgan fingerprint density at radius 1 is 1.29 bits per heavy atom. The number of nitrogens with one attached hydrogen (secondary N) is 1. The fourth-order valence-electron chi connectivity index (χ4n) is 2.16. The molecule has 2 rings (SSSR count). The van der Waals surface area contributed by atoms with Gasteiger partial charge in [0, 0.05) is 18.4 Å². The molecule has 0 radical (unpaired) electrons. The van der Waals surface area contributed by atoms with Gasteiger partial charge in [-0.3, -0.25) is 4.98 Å². The lowest BCUT2D eigenvalue weighted by molar-refractivity contribution is 0.0528. The molecule has 0 aliphatic carbocycles. The van der Waals surface area contributed by atoms with E-state index >= 15 is 0 Å². The van der Waals surface area contributed by atoms with Crippen molar-refractivity contribution in [1.29, 1.82) is 0 Å². The van der Waals surface area contributed by atoms with Crippen molar-refractivity contribution in [2.24, 2.45) is 0 Å². The summed E-state index contributed by atoms with van der Waals surface area (Å²) >= 11 is 0. The first kappa shape index (κ1) is 17.7. The minimum absolute atomic E-state index is 0.0147. The first-order valence-corrected chi connectivity index (χ1v) is 7.45. The van der Waals surface area contributed by atoms with E-state index in [1.165, 1.54) is 24.3 Å². The Labute approximate surface area is 138 Å². The van der Waals surface area contributed by atoms with Crippen molar-refractivity contribution in [3.63, 3.8) is 0 Å². The fraction of sp³-hybridized carbons (Fsp3) is 0.353. The average molecular weight is 334 g/mol. The van der Waals surface area contributed by atoms with Crippen molar-refractivity contribution in [1.82, 2.24) is 10.3 Å². The molecular formula is C17H19FN2O4. The summed E-state index contributed by atoms with van der Waals surface area (Å²) < 4.78 is 18.4. The van der Waals surface area contributed by atoms with Crippen LogP contribution in [0.3, 0.4) is 0 Å². The van der Waals surface area contributed by atoms with Crippen LogP contribution in [0.15, 0.2) is 24.3 Å². The van der Waals surface area contributed by atoms with E-state index in [4.69, 9.17) is 4.74 Å². The van der Waals surface area contributed by atoms with Gasteiger partial charge in [0.15, 0.2) is 0 Å². The third-order valence-electron chi connectivity index (χ3n) is 3.12. The molecular weight excluding hydrogens is 315 g/mol. The first-order valence-electron chi connectivity index (χ1n) is 7.45. The number of aromatic nitrogens is 1. The lowest BCUT2D eigenvalue weighted by Gasteiger charge is -2.19. The van der Waals surface area contributed by atoms with E-state index in [1.54, 1.807) is 20.8 Å². The lowest BCUT2D eigenvalue weighted by Crippen LogP contribution is -2.33. The van der Waals surface area contributed by atoms with Crippen LogP contribution in [0.2, 0.25) is 0 Å². The summed E-state index contributed by atoms with van der Waals surface area (Å²) in [5, 5.41) is 12.3. The molecule has 2 aromatic rings. The number of alkyl carbamates (subject to hydrolysis) is 1. The number of amides is 1. The number of halogens is 1. The molecule has 7 heteroatoms. The predicted molar refractivity (Wildman–Crippen MR) is 86.6 cm³/mol. The second-order valence-electron chi connectivity index (χ2n) is 6.30. The molecule has 0 bridgehead atoms. The average Bonchev–Trinajstić information content (AvgIpc) is 2.44. The van der Waals surface area contributed by atoms with Gasteiger partial charge in [0.2, 0.25) is 0 Å². The van der Waals surface area contributed by atoms with Gasteiger partial charge in [0.25, 0.3) is 0 Å². The quantitative estimate of drug-likeness (QED) is 0.897. The number of hydrogen-bond donors (Lipinski definition) is 2. The molecule has 0 saturated carbocycles. The van der Waals surface area contributed by atoms with E-state index in [1.807, 2.05) is 0 Å². The predicted octanol–water partition coefficient (Wildman–Crippen LogP) is 3.14. The summed E-state index contributed by atoms with van der Waals surface area (Å²) in [6.45, 7) is 5.42. The zero-order valence-electron chi connectivity index (χ0n) is 13.7. The zero-order chi connectivity index (χ0) is 17.9. The number of aromatic carboxylic acids is 1. The SMILES string of the molecule is CC(C)(C)OC(=O)NCCc1nc2ccc(F)cc2cc1C(=O)O. The van der Waals surface area contributed by atoms with Crippen LogP contribution in [-0.2, 0) is 11.2 Å². The van der Waals surface area contributed by atoms with Crippen molar-refractivity contribution in [2.75, 3.05) is 6.54 Å². The number of carbonyl (C=O) groups excluding carboxylic acids is 1. The smallest absolute Gasteiger partial charge is 0.407 e. The van der Waals surface area contributed by atoms with Gasteiger partial charge in [-0.1, -0.05) is 0 Å². The monoisotopic (exact) mass is 334 g/mol. The van der Waals surface area contributed by atoms with Crippen LogP contribution >= 0.6 is 0 Å². The maximum absolute atomic E-state index is 13.3. The summed E-state index contributed by atoms with van der Waals surface area (Å²) in [5.74, 6) is -1.61. The molecule has 1 aromatic carbocycles. The Morgan fingerprint density at radius 3 is 2.62 bits per heavy atom. The number of nitrogens with zero attached hydrogens (tertiary/aromatic N) is 1. The molecule has 0 aliphatic rings. The Morgan fingerprint density at radius 2 is 2.00 bits per heavy atom. The summed E-state index contributed by atoms with van der Waals surface area (Å²) in [4.78, 5) is 27.3. The minimum Gasteiger partial charge on any atom is -0.478 e. The van der Waals surface area contributed by atoms with Crippen molar-refractivity contribution < 1.29 is 23.8 Å². The van der Waals surface area contributed by atoms with Crippen molar-refractivity contribution in [3.8, 4) is 0 Å². The van der Waals surface area contributed by atoms with Crippen LogP contribution in [0, 0.1) is 5.82 Å². The van der Waals surface area contributed by atoms with Gasteiger partial charge in [0.05, 0.1) is 16.8 Å². The third-order valence-corrected chi connectivity index (χ3v) is 3.12. The van der Waals surface area contributed by atoms with E-state index in [-0.39, 0.29) is 18.5 Å². The zero-order valence-corrected chi connectivity index (χ0v) is 13.7. The second kappa shape index (κ2) is 6.82. The summed E-state index contributed by atoms with van der Waals surface area (Å²) in [6.07, 6.45) is -0.365. The van der Waals surface area contributed by atoms with Crippen LogP contribution in [0.1, 0.15) is 36.8 Å². The largest absolute Gasteiger partial charge is 0.478 e.